The Labute approximate surface area is 869 Å². The van der Waals surface area contributed by atoms with Crippen molar-refractivity contribution in [3.63, 3.8) is 0 Å². The van der Waals surface area contributed by atoms with Crippen molar-refractivity contribution in [2.24, 2.45) is 0 Å². The van der Waals surface area contributed by atoms with Gasteiger partial charge in [-0.2, -0.15) is 0 Å². The van der Waals surface area contributed by atoms with E-state index in [4.69, 9.17) is 0 Å². The van der Waals surface area contributed by atoms with Gasteiger partial charge >= 0.3 is 355 Å². The summed E-state index contributed by atoms with van der Waals surface area (Å²) in [4.78, 5) is 0.771. The summed E-state index contributed by atoms with van der Waals surface area (Å²) in [5.41, 5.74) is 0. The standard InChI is InChI=1S/C31H50N2O48S12.12Na/c34-82(35,36)70-20-10-6-16(24(74-86(46,47)48)28(20)78-90(58,59)60)32(17-7-11-21(71-83(37,38)39)29(79-91(61,62)63)25(17)75-87(49,50)51)14-4-2-1-3-5-15-33(18-8-12-22(72-84(40,41)42)30(80-92(64,65)66)26(18)76-88(52,53)54)19-9-13-23(73-85(43,44)45)31(81-93(67,68)69)27(19)77-89(55,56)57;;;;;;;;;;;;/h6-13,16-31H,1-5,14-15H2,(H,34,35,36)(H,37,38,39)(H,40,41,42)(H,43,44,45)(H,46,47,48)(H,49,50,51)(H,52,53,54)(H,55,56,57)(H,58,59,60)(H,61,62,63)(H,64,65,66)(H,67,68,69);;;;;;;;;;;;/q;12*+1/p-12/t16-,17-,18-,19-,20+,21+,22+,23+,24+,25+,26+,27+,28+,29+,30+,31+;;;;;;;;;;;;/m0............/s1. The molecule has 4 aliphatic carbocycles. The van der Waals surface area contributed by atoms with Crippen LogP contribution in [-0.2, 0) is 175 Å². The number of rotatable bonds is 36. The summed E-state index contributed by atoms with van der Waals surface area (Å²) in [6.07, 6.45) is -37.4. The number of hydrogen-bond donors (Lipinski definition) is 0. The molecule has 0 unspecified atom stereocenters. The van der Waals surface area contributed by atoms with Gasteiger partial charge in [0.25, 0.3) is 0 Å². The average Bonchev–Trinajstić information content (AvgIpc) is 0.764. The molecule has 0 radical (unpaired) electrons. The smallest absolute Gasteiger partial charge is 0.726 e. The van der Waals surface area contributed by atoms with E-state index in [1.165, 1.54) is 0 Å². The molecule has 4 rings (SSSR count). The quantitative estimate of drug-likeness (QED) is 0.0185. The van der Waals surface area contributed by atoms with E-state index in [-0.39, 0.29) is 379 Å². The fraction of sp³-hybridized carbons (Fsp3) is 0.742. The van der Waals surface area contributed by atoms with Gasteiger partial charge in [0, 0.05) is 0 Å². The van der Waals surface area contributed by atoms with Gasteiger partial charge in [-0.25, -0.2) is 101 Å². The van der Waals surface area contributed by atoms with Crippen molar-refractivity contribution in [1.29, 1.82) is 0 Å². The first-order chi connectivity index (χ1) is 41.6. The zero-order valence-corrected chi connectivity index (χ0v) is 90.0. The van der Waals surface area contributed by atoms with Crippen molar-refractivity contribution >= 4 is 125 Å². The molecule has 0 fully saturated rings. The van der Waals surface area contributed by atoms with Crippen LogP contribution in [0.4, 0.5) is 0 Å². The minimum absolute atomic E-state index is 0. The topological polar surface area (TPSA) is 804 Å². The van der Waals surface area contributed by atoms with Crippen molar-refractivity contribution in [1.82, 2.24) is 9.80 Å². The molecule has 0 N–H and O–H groups in total. The van der Waals surface area contributed by atoms with Crippen LogP contribution in [0.2, 0.25) is 0 Å². The normalized spacial score (nSPS) is 26.6. The maximum atomic E-state index is 12.2. The molecular weight excluding hydrogens is 1830 g/mol. The van der Waals surface area contributed by atoms with E-state index in [1.807, 2.05) is 0 Å². The summed E-state index contributed by atoms with van der Waals surface area (Å²) in [6.45, 7) is -2.22. The Balaban J connectivity index is -0.00000110. The van der Waals surface area contributed by atoms with E-state index >= 15 is 0 Å². The summed E-state index contributed by atoms with van der Waals surface area (Å²) in [7, 11) is -75.9. The van der Waals surface area contributed by atoms with E-state index in [9.17, 15) is 156 Å². The van der Waals surface area contributed by atoms with E-state index in [0.29, 0.717) is 34.1 Å². The van der Waals surface area contributed by atoms with Crippen molar-refractivity contribution in [3.05, 3.63) is 48.6 Å². The van der Waals surface area contributed by atoms with Gasteiger partial charge in [-0.15, -0.1) is 0 Å². The molecule has 0 aliphatic heterocycles. The molecule has 0 aromatic rings. The summed E-state index contributed by atoms with van der Waals surface area (Å²) in [5, 5.41) is 0. The molecule has 74 heteroatoms. The Kier molecular flexibility index (Phi) is 68.4. The summed E-state index contributed by atoms with van der Waals surface area (Å²) < 4.78 is 482. The summed E-state index contributed by atoms with van der Waals surface area (Å²) in [5.74, 6) is 0. The zero-order chi connectivity index (χ0) is 71.5. The Morgan fingerprint density at radius 2 is 0.314 bits per heavy atom. The molecule has 0 saturated carbocycles. The molecule has 544 valence electrons. The third-order valence-corrected chi connectivity index (χ3v) is 17.5. The van der Waals surface area contributed by atoms with Crippen LogP contribution in [-0.4, -0.2) is 276 Å². The van der Waals surface area contributed by atoms with Crippen molar-refractivity contribution in [2.75, 3.05) is 13.1 Å². The van der Waals surface area contributed by atoms with Gasteiger partial charge < -0.3 is 54.6 Å². The molecule has 0 bridgehead atoms. The number of nitrogens with zero attached hydrogens (tertiary/aromatic N) is 2. The predicted molar refractivity (Wildman–Crippen MR) is 263 cm³/mol. The SMILES string of the molecule is O=S(=O)([O-])O[C@H]1[C@H](OS(=O)(=O)[O-])[C@@H](N(CCCCCCCN([C@H]2C=C[C@@H](OS(=O)(=O)[O-])[C@@H](OS(=O)(=O)[O-])[C@@H]2OS(=O)(=O)[O-])[C@H]2C=C[C@@H](OS(=O)(=O)[O-])[C@@H](OS(=O)(=O)[O-])[C@@H]2OS(=O)(=O)[O-])[C@H]2C=C[C@@H](OS(=O)(=O)[O-])[C@@H](OS(=O)(=O)[O-])[C@@H]2OS(=O)(=O)[O-])C=C[C@H]1OS(=O)(=O)[O-].[Na+].[Na+].[Na+].[Na+].[Na+].[Na+].[Na+].[Na+].[Na+].[Na+].[Na+].[Na+]. The minimum Gasteiger partial charge on any atom is -0.726 e. The van der Waals surface area contributed by atoms with Gasteiger partial charge in [0.1, 0.15) is 73.2 Å². The fourth-order valence-corrected chi connectivity index (χ4v) is 15.2. The molecule has 0 aromatic carbocycles. The van der Waals surface area contributed by atoms with Gasteiger partial charge in [0.2, 0.25) is 125 Å². The van der Waals surface area contributed by atoms with Crippen LogP contribution in [0.3, 0.4) is 0 Å². The number of unbranched alkanes of at least 4 members (excludes halogenated alkanes) is 4. The molecule has 50 nitrogen and oxygen atoms in total. The van der Waals surface area contributed by atoms with E-state index in [0.717, 1.165) is 0 Å². The van der Waals surface area contributed by atoms with Crippen LogP contribution in [0.1, 0.15) is 32.1 Å². The molecule has 16 atom stereocenters. The van der Waals surface area contributed by atoms with Crippen molar-refractivity contribution in [3.8, 4) is 0 Å². The Morgan fingerprint density at radius 1 is 0.190 bits per heavy atom. The number of hydrogen-bond acceptors (Lipinski definition) is 50. The van der Waals surface area contributed by atoms with Gasteiger partial charge in [-0.05, 0) is 25.9 Å². The zero-order valence-electron chi connectivity index (χ0n) is 56.2. The van der Waals surface area contributed by atoms with Crippen LogP contribution in [0.5, 0.6) is 0 Å². The molecule has 0 aromatic heterocycles. The Hall–Kier alpha value is 9.32. The second-order valence-electron chi connectivity index (χ2n) is 18.4. The van der Waals surface area contributed by atoms with E-state index < -0.39 is 267 Å². The van der Waals surface area contributed by atoms with Crippen LogP contribution >= 0.6 is 0 Å². The van der Waals surface area contributed by atoms with Crippen molar-refractivity contribution in [2.45, 2.75) is 130 Å². The largest absolute Gasteiger partial charge is 1.00 e. The molecular formula is C31H38N2Na12O48S12. The summed E-state index contributed by atoms with van der Waals surface area (Å²) in [6, 6.07) is -10.3. The first kappa shape index (κ1) is 132. The first-order valence-electron chi connectivity index (χ1n) is 23.5. The second kappa shape index (κ2) is 54.3. The Bertz CT molecular complexity index is 3750. The average molecular weight is 1870 g/mol. The monoisotopic (exact) mass is 1870 g/mol. The third kappa shape index (κ3) is 52.6. The van der Waals surface area contributed by atoms with E-state index in [1.54, 1.807) is 0 Å². The maximum Gasteiger partial charge on any atom is 1.00 e. The Morgan fingerprint density at radius 3 is 0.448 bits per heavy atom. The van der Waals surface area contributed by atoms with Crippen LogP contribution in [0.25, 0.3) is 0 Å². The minimum atomic E-state index is -6.44. The predicted octanol–water partition coefficient (Wildman–Crippen LogP) is -46.5. The first-order valence-corrected chi connectivity index (χ1v) is 39.5. The maximum absolute atomic E-state index is 12.2. The van der Waals surface area contributed by atoms with Crippen LogP contribution in [0, 0.1) is 0 Å². The summed E-state index contributed by atoms with van der Waals surface area (Å²) >= 11 is 0. The third-order valence-electron chi connectivity index (χ3n) is 12.0. The molecule has 105 heavy (non-hydrogen) atoms. The van der Waals surface area contributed by atoms with Crippen molar-refractivity contribution < 1.29 is 561 Å². The second-order valence-corrected chi connectivity index (χ2v) is 30.5. The van der Waals surface area contributed by atoms with Gasteiger partial charge in [-0.3, -0.25) is 60.0 Å². The van der Waals surface area contributed by atoms with E-state index in [2.05, 4.69) is 50.2 Å². The molecule has 0 heterocycles. The molecule has 0 saturated heterocycles. The van der Waals surface area contributed by atoms with Crippen LogP contribution < -0.4 is 355 Å². The van der Waals surface area contributed by atoms with Crippen LogP contribution in [0.15, 0.2) is 48.6 Å². The fourth-order valence-electron chi connectivity index (χ4n) is 9.47. The van der Waals surface area contributed by atoms with Gasteiger partial charge in [0.15, 0.2) is 0 Å². The van der Waals surface area contributed by atoms with Gasteiger partial charge in [-0.1, -0.05) is 67.9 Å². The molecule has 0 spiro atoms. The molecule has 0 amide bonds. The van der Waals surface area contributed by atoms with Gasteiger partial charge in [0.05, 0.1) is 24.2 Å². The molecule has 4 aliphatic rings.